The number of aliphatic hydroxyl groups excluding tert-OH is 3. The van der Waals surface area contributed by atoms with Crippen molar-refractivity contribution in [2.75, 3.05) is 59.6 Å². The molecule has 0 aliphatic heterocycles. The van der Waals surface area contributed by atoms with Crippen molar-refractivity contribution in [2.24, 2.45) is 0 Å². The molecule has 0 aromatic rings. The fourth-order valence-electron chi connectivity index (χ4n) is 1.47. The van der Waals surface area contributed by atoms with Crippen LogP contribution in [0.5, 0.6) is 0 Å². The fourth-order valence-corrected chi connectivity index (χ4v) is 1.47. The molecular formula is C10H24N2O3. The second-order valence-electron chi connectivity index (χ2n) is 3.67. The molecule has 0 saturated carbocycles. The van der Waals surface area contributed by atoms with Crippen LogP contribution in [0, 0.1) is 0 Å². The van der Waals surface area contributed by atoms with E-state index in [9.17, 15) is 0 Å². The number of likely N-dealkylation sites (N-methyl/N-ethyl adjacent to an activating group) is 1. The smallest absolute Gasteiger partial charge is 0.0558 e. The molecule has 0 aromatic carbocycles. The molecular weight excluding hydrogens is 196 g/mol. The number of aliphatic hydroxyl groups is 3. The second-order valence-corrected chi connectivity index (χ2v) is 3.67. The van der Waals surface area contributed by atoms with Gasteiger partial charge in [-0.25, -0.2) is 0 Å². The molecule has 0 spiro atoms. The average Bonchev–Trinajstić information content (AvgIpc) is 2.19. The van der Waals surface area contributed by atoms with Crippen LogP contribution >= 0.6 is 0 Å². The van der Waals surface area contributed by atoms with Crippen LogP contribution < -0.4 is 0 Å². The molecule has 15 heavy (non-hydrogen) atoms. The molecule has 0 unspecified atom stereocenters. The highest BCUT2D eigenvalue weighted by Crippen LogP contribution is 1.93. The van der Waals surface area contributed by atoms with Gasteiger partial charge in [0, 0.05) is 19.6 Å². The second kappa shape index (κ2) is 10.3. The van der Waals surface area contributed by atoms with Crippen LogP contribution in [0.4, 0.5) is 0 Å². The molecule has 5 heteroatoms. The van der Waals surface area contributed by atoms with E-state index in [2.05, 4.69) is 4.90 Å². The normalized spacial score (nSPS) is 11.6. The first-order valence-corrected chi connectivity index (χ1v) is 5.48. The monoisotopic (exact) mass is 220 g/mol. The molecule has 0 bridgehead atoms. The summed E-state index contributed by atoms with van der Waals surface area (Å²) in [6.45, 7) is 4.17. The predicted octanol–water partition coefficient (Wildman–Crippen LogP) is -1.41. The van der Waals surface area contributed by atoms with E-state index in [1.807, 2.05) is 11.9 Å². The van der Waals surface area contributed by atoms with Crippen molar-refractivity contribution in [1.29, 1.82) is 0 Å². The van der Waals surface area contributed by atoms with E-state index >= 15 is 0 Å². The first-order valence-electron chi connectivity index (χ1n) is 5.48. The summed E-state index contributed by atoms with van der Waals surface area (Å²) in [5.74, 6) is 0. The lowest BCUT2D eigenvalue weighted by atomic mass is 10.3. The molecule has 92 valence electrons. The first-order chi connectivity index (χ1) is 7.24. The summed E-state index contributed by atoms with van der Waals surface area (Å²) in [4.78, 5) is 4.10. The zero-order valence-electron chi connectivity index (χ0n) is 9.60. The van der Waals surface area contributed by atoms with E-state index in [4.69, 9.17) is 15.3 Å². The van der Waals surface area contributed by atoms with Crippen molar-refractivity contribution < 1.29 is 15.3 Å². The molecule has 5 nitrogen and oxygen atoms in total. The molecule has 0 aliphatic carbocycles. The van der Waals surface area contributed by atoms with E-state index < -0.39 is 0 Å². The van der Waals surface area contributed by atoms with Gasteiger partial charge in [0.1, 0.15) is 0 Å². The maximum atomic E-state index is 8.79. The highest BCUT2D eigenvalue weighted by Gasteiger charge is 2.04. The summed E-state index contributed by atoms with van der Waals surface area (Å²) < 4.78 is 0. The zero-order valence-corrected chi connectivity index (χ0v) is 9.60. The predicted molar refractivity (Wildman–Crippen MR) is 59.8 cm³/mol. The van der Waals surface area contributed by atoms with E-state index in [1.165, 1.54) is 0 Å². The Balaban J connectivity index is 3.51. The lowest BCUT2D eigenvalue weighted by Gasteiger charge is -2.22. The molecule has 0 fully saturated rings. The summed E-state index contributed by atoms with van der Waals surface area (Å²) >= 11 is 0. The maximum absolute atomic E-state index is 8.79. The first kappa shape index (κ1) is 14.8. The summed E-state index contributed by atoms with van der Waals surface area (Å²) in [7, 11) is 1.97. The highest BCUT2D eigenvalue weighted by atomic mass is 16.3. The average molecular weight is 220 g/mol. The molecule has 0 aromatic heterocycles. The summed E-state index contributed by atoms with van der Waals surface area (Å²) in [5, 5.41) is 26.3. The van der Waals surface area contributed by atoms with Gasteiger partial charge >= 0.3 is 0 Å². The molecule has 0 rings (SSSR count). The largest absolute Gasteiger partial charge is 0.395 e. The van der Waals surface area contributed by atoms with Crippen molar-refractivity contribution in [3.8, 4) is 0 Å². The van der Waals surface area contributed by atoms with Gasteiger partial charge in [-0.2, -0.15) is 0 Å². The Kier molecular flexibility index (Phi) is 10.2. The van der Waals surface area contributed by atoms with Gasteiger partial charge in [-0.3, -0.25) is 4.90 Å². The van der Waals surface area contributed by atoms with Crippen LogP contribution in [-0.2, 0) is 0 Å². The number of hydrogen-bond donors (Lipinski definition) is 3. The lowest BCUT2D eigenvalue weighted by Crippen LogP contribution is -2.33. The number of rotatable bonds is 10. The SMILES string of the molecule is CN(CCO)CCCN(CCO)CCO. The molecule has 0 atom stereocenters. The van der Waals surface area contributed by atoms with Crippen LogP contribution in [0.25, 0.3) is 0 Å². The number of hydrogen-bond acceptors (Lipinski definition) is 5. The standard InChI is InChI=1S/C10H24N2O3/c1-11(5-8-13)3-2-4-12(6-9-14)7-10-15/h13-15H,2-10H2,1H3. The molecule has 0 saturated heterocycles. The van der Waals surface area contributed by atoms with Crippen LogP contribution in [-0.4, -0.2) is 84.7 Å². The van der Waals surface area contributed by atoms with Gasteiger partial charge in [0.15, 0.2) is 0 Å². The molecule has 0 amide bonds. The van der Waals surface area contributed by atoms with Gasteiger partial charge in [0.25, 0.3) is 0 Å². The Labute approximate surface area is 91.9 Å². The minimum atomic E-state index is 0.131. The molecule has 3 N–H and O–H groups in total. The number of nitrogens with zero attached hydrogens (tertiary/aromatic N) is 2. The van der Waals surface area contributed by atoms with E-state index in [0.717, 1.165) is 19.5 Å². The Bertz CT molecular complexity index is 130. The van der Waals surface area contributed by atoms with Crippen LogP contribution in [0.3, 0.4) is 0 Å². The van der Waals surface area contributed by atoms with Crippen LogP contribution in [0.2, 0.25) is 0 Å². The minimum Gasteiger partial charge on any atom is -0.395 e. The third-order valence-electron chi connectivity index (χ3n) is 2.33. The van der Waals surface area contributed by atoms with E-state index in [-0.39, 0.29) is 19.8 Å². The van der Waals surface area contributed by atoms with Gasteiger partial charge in [-0.15, -0.1) is 0 Å². The Morgan fingerprint density at radius 1 is 0.733 bits per heavy atom. The van der Waals surface area contributed by atoms with Gasteiger partial charge in [0.05, 0.1) is 19.8 Å². The Hall–Kier alpha value is -0.200. The van der Waals surface area contributed by atoms with Gasteiger partial charge in [0.2, 0.25) is 0 Å². The summed E-state index contributed by atoms with van der Waals surface area (Å²) in [6.07, 6.45) is 0.983. The summed E-state index contributed by atoms with van der Waals surface area (Å²) in [6, 6.07) is 0. The minimum absolute atomic E-state index is 0.131. The maximum Gasteiger partial charge on any atom is 0.0558 e. The van der Waals surface area contributed by atoms with E-state index in [0.29, 0.717) is 19.6 Å². The van der Waals surface area contributed by atoms with E-state index in [1.54, 1.807) is 0 Å². The molecule has 0 heterocycles. The molecule has 0 radical (unpaired) electrons. The third kappa shape index (κ3) is 8.77. The molecule has 0 aliphatic rings. The Morgan fingerprint density at radius 2 is 1.27 bits per heavy atom. The van der Waals surface area contributed by atoms with Crippen LogP contribution in [0.1, 0.15) is 6.42 Å². The highest BCUT2D eigenvalue weighted by molar-refractivity contribution is 4.59. The quantitative estimate of drug-likeness (QED) is 0.422. The third-order valence-corrected chi connectivity index (χ3v) is 2.33. The fraction of sp³-hybridized carbons (Fsp3) is 1.00. The van der Waals surface area contributed by atoms with Crippen molar-refractivity contribution in [3.05, 3.63) is 0 Å². The van der Waals surface area contributed by atoms with Crippen LogP contribution in [0.15, 0.2) is 0 Å². The Morgan fingerprint density at radius 3 is 1.73 bits per heavy atom. The van der Waals surface area contributed by atoms with Gasteiger partial charge < -0.3 is 20.2 Å². The topological polar surface area (TPSA) is 67.2 Å². The van der Waals surface area contributed by atoms with Crippen molar-refractivity contribution in [1.82, 2.24) is 9.80 Å². The van der Waals surface area contributed by atoms with Crippen molar-refractivity contribution in [2.45, 2.75) is 6.42 Å². The lowest BCUT2D eigenvalue weighted by molar-refractivity contribution is 0.152. The summed E-state index contributed by atoms with van der Waals surface area (Å²) in [5.41, 5.74) is 0. The van der Waals surface area contributed by atoms with Gasteiger partial charge in [-0.1, -0.05) is 0 Å². The van der Waals surface area contributed by atoms with Gasteiger partial charge in [-0.05, 0) is 26.6 Å². The zero-order chi connectivity index (χ0) is 11.5. The van der Waals surface area contributed by atoms with Crippen molar-refractivity contribution in [3.63, 3.8) is 0 Å². The van der Waals surface area contributed by atoms with Crippen molar-refractivity contribution >= 4 is 0 Å².